The molecule has 0 fully saturated rings. The third-order valence-corrected chi connectivity index (χ3v) is 9.15. The van der Waals surface area contributed by atoms with E-state index in [2.05, 4.69) is 191 Å². The summed E-state index contributed by atoms with van der Waals surface area (Å²) >= 11 is 0. The summed E-state index contributed by atoms with van der Waals surface area (Å²) in [5.41, 5.74) is 9.45. The molecular weight excluding hydrogens is 556 g/mol. The van der Waals surface area contributed by atoms with E-state index in [1.165, 1.54) is 54.5 Å². The molecule has 0 unspecified atom stereocenters. The summed E-state index contributed by atoms with van der Waals surface area (Å²) in [6.45, 7) is 0. The van der Waals surface area contributed by atoms with E-state index in [0.717, 1.165) is 22.7 Å². The zero-order valence-electron chi connectivity index (χ0n) is 25.2. The molecular formula is C44H30N2. The van der Waals surface area contributed by atoms with Crippen molar-refractivity contribution >= 4 is 60.4 Å². The van der Waals surface area contributed by atoms with Gasteiger partial charge in [0, 0.05) is 33.5 Å². The maximum Gasteiger partial charge on any atom is 0.0547 e. The van der Waals surface area contributed by atoms with Crippen LogP contribution in [-0.4, -0.2) is 4.57 Å². The average molecular weight is 587 g/mol. The largest absolute Gasteiger partial charge is 0.311 e. The molecule has 0 aliphatic heterocycles. The number of hydrogen-bond donors (Lipinski definition) is 0. The molecule has 0 radical (unpaired) electrons. The zero-order chi connectivity index (χ0) is 30.5. The van der Waals surface area contributed by atoms with Gasteiger partial charge in [-0.05, 0) is 93.3 Å². The molecule has 216 valence electrons. The minimum absolute atomic E-state index is 1.12. The van der Waals surface area contributed by atoms with Crippen molar-refractivity contribution in [3.05, 3.63) is 182 Å². The van der Waals surface area contributed by atoms with Gasteiger partial charge in [0.25, 0.3) is 0 Å². The van der Waals surface area contributed by atoms with Gasteiger partial charge in [-0.25, -0.2) is 0 Å². The molecule has 0 N–H and O–H groups in total. The van der Waals surface area contributed by atoms with E-state index in [9.17, 15) is 0 Å². The highest BCUT2D eigenvalue weighted by Crippen LogP contribution is 2.43. The lowest BCUT2D eigenvalue weighted by Gasteiger charge is -2.25. The molecule has 2 heteroatoms. The zero-order valence-corrected chi connectivity index (χ0v) is 25.2. The molecule has 9 rings (SSSR count). The first-order chi connectivity index (χ1) is 22.8. The number of benzene rings is 8. The van der Waals surface area contributed by atoms with Gasteiger partial charge >= 0.3 is 0 Å². The van der Waals surface area contributed by atoms with Crippen LogP contribution in [0.3, 0.4) is 0 Å². The maximum absolute atomic E-state index is 2.42. The van der Waals surface area contributed by atoms with E-state index >= 15 is 0 Å². The number of rotatable bonds is 5. The van der Waals surface area contributed by atoms with E-state index in [0.29, 0.717) is 0 Å². The second-order valence-electron chi connectivity index (χ2n) is 11.8. The predicted octanol–water partition coefficient (Wildman–Crippen LogP) is 12.2. The van der Waals surface area contributed by atoms with Gasteiger partial charge in [0.2, 0.25) is 0 Å². The molecule has 1 aromatic heterocycles. The number of aromatic nitrogens is 1. The van der Waals surface area contributed by atoms with Gasteiger partial charge < -0.3 is 9.47 Å². The summed E-state index contributed by atoms with van der Waals surface area (Å²) in [6, 6.07) is 65.5. The highest BCUT2D eigenvalue weighted by molar-refractivity contribution is 6.25. The summed E-state index contributed by atoms with van der Waals surface area (Å²) in [6.07, 6.45) is 0. The van der Waals surface area contributed by atoms with Crippen LogP contribution in [-0.2, 0) is 0 Å². The lowest BCUT2D eigenvalue weighted by molar-refractivity contribution is 1.17. The fourth-order valence-corrected chi connectivity index (χ4v) is 7.15. The normalized spacial score (nSPS) is 11.5. The highest BCUT2D eigenvalue weighted by Gasteiger charge is 2.19. The molecule has 2 nitrogen and oxygen atoms in total. The van der Waals surface area contributed by atoms with Crippen molar-refractivity contribution in [3.63, 3.8) is 0 Å². The van der Waals surface area contributed by atoms with Crippen molar-refractivity contribution in [1.29, 1.82) is 0 Å². The van der Waals surface area contributed by atoms with E-state index in [4.69, 9.17) is 0 Å². The summed E-state index contributed by atoms with van der Waals surface area (Å²) in [5.74, 6) is 0. The molecule has 0 bridgehead atoms. The van der Waals surface area contributed by atoms with Crippen LogP contribution < -0.4 is 4.90 Å². The second-order valence-corrected chi connectivity index (χ2v) is 11.8. The molecule has 0 atom stereocenters. The molecule has 0 aliphatic carbocycles. The Morgan fingerprint density at radius 2 is 0.891 bits per heavy atom. The average Bonchev–Trinajstić information content (AvgIpc) is 3.47. The Morgan fingerprint density at radius 1 is 0.326 bits per heavy atom. The van der Waals surface area contributed by atoms with Gasteiger partial charge in [0.1, 0.15) is 0 Å². The van der Waals surface area contributed by atoms with Crippen molar-refractivity contribution in [2.45, 2.75) is 0 Å². The van der Waals surface area contributed by atoms with Gasteiger partial charge in [0.15, 0.2) is 0 Å². The first-order valence-corrected chi connectivity index (χ1v) is 15.8. The number of nitrogens with zero attached hydrogens (tertiary/aromatic N) is 2. The molecule has 0 spiro atoms. The van der Waals surface area contributed by atoms with Crippen LogP contribution in [0.2, 0.25) is 0 Å². The Hall–Kier alpha value is -6.12. The number of anilines is 3. The molecule has 0 saturated heterocycles. The van der Waals surface area contributed by atoms with Crippen LogP contribution in [0.25, 0.3) is 60.2 Å². The topological polar surface area (TPSA) is 8.17 Å². The lowest BCUT2D eigenvalue weighted by Crippen LogP contribution is -2.09. The molecule has 0 aliphatic rings. The van der Waals surface area contributed by atoms with E-state index in [1.54, 1.807) is 0 Å². The Kier molecular flexibility index (Phi) is 6.17. The van der Waals surface area contributed by atoms with Gasteiger partial charge in [-0.3, -0.25) is 0 Å². The minimum atomic E-state index is 1.12. The summed E-state index contributed by atoms with van der Waals surface area (Å²) in [4.78, 5) is 2.31. The summed E-state index contributed by atoms with van der Waals surface area (Å²) in [5, 5.41) is 7.62. The quantitative estimate of drug-likeness (QED) is 0.195. The Labute approximate surface area is 268 Å². The minimum Gasteiger partial charge on any atom is -0.311 e. The second kappa shape index (κ2) is 10.8. The molecule has 1 heterocycles. The van der Waals surface area contributed by atoms with Crippen molar-refractivity contribution in [1.82, 2.24) is 4.57 Å². The monoisotopic (exact) mass is 586 g/mol. The van der Waals surface area contributed by atoms with Crippen LogP contribution in [0.15, 0.2) is 182 Å². The first kappa shape index (κ1) is 26.3. The van der Waals surface area contributed by atoms with Gasteiger partial charge in [0.05, 0.1) is 11.0 Å². The summed E-state index contributed by atoms with van der Waals surface area (Å²) < 4.78 is 2.42. The number of para-hydroxylation sites is 3. The standard InChI is InChI=1S/C44H30N2/c1-3-16-33(17-4-1)45(34-18-5-2-6-19-34)35-26-28-36(29-27-35)46-41-24-10-9-21-40(41)44-42(46)30-25-32-15-12-23-39(43(32)44)38-22-11-14-31-13-7-8-20-37(31)38/h1-30H. The number of hydrogen-bond acceptors (Lipinski definition) is 1. The Balaban J connectivity index is 1.27. The van der Waals surface area contributed by atoms with E-state index < -0.39 is 0 Å². The SMILES string of the molecule is c1ccc(N(c2ccccc2)c2ccc(-n3c4ccccc4c4c5c(-c6cccc7ccccc67)cccc5ccc43)cc2)cc1. The van der Waals surface area contributed by atoms with Crippen molar-refractivity contribution in [2.75, 3.05) is 4.90 Å². The third-order valence-electron chi connectivity index (χ3n) is 9.15. The summed E-state index contributed by atoms with van der Waals surface area (Å²) in [7, 11) is 0. The third kappa shape index (κ3) is 4.19. The predicted molar refractivity (Wildman–Crippen MR) is 196 cm³/mol. The molecule has 9 aromatic rings. The van der Waals surface area contributed by atoms with E-state index in [-0.39, 0.29) is 0 Å². The van der Waals surface area contributed by atoms with Crippen molar-refractivity contribution in [3.8, 4) is 16.8 Å². The molecule has 46 heavy (non-hydrogen) atoms. The highest BCUT2D eigenvalue weighted by atomic mass is 15.1. The Morgan fingerprint density at radius 3 is 1.63 bits per heavy atom. The van der Waals surface area contributed by atoms with Crippen molar-refractivity contribution < 1.29 is 0 Å². The first-order valence-electron chi connectivity index (χ1n) is 15.8. The van der Waals surface area contributed by atoms with Crippen LogP contribution in [0.1, 0.15) is 0 Å². The molecule has 0 saturated carbocycles. The van der Waals surface area contributed by atoms with Gasteiger partial charge in [-0.15, -0.1) is 0 Å². The number of fused-ring (bicyclic) bond motifs is 6. The van der Waals surface area contributed by atoms with Crippen LogP contribution in [0.4, 0.5) is 17.1 Å². The van der Waals surface area contributed by atoms with E-state index in [1.807, 2.05) is 0 Å². The molecule has 8 aromatic carbocycles. The van der Waals surface area contributed by atoms with Crippen LogP contribution in [0.5, 0.6) is 0 Å². The molecule has 0 amide bonds. The van der Waals surface area contributed by atoms with Crippen LogP contribution >= 0.6 is 0 Å². The van der Waals surface area contributed by atoms with Gasteiger partial charge in [-0.2, -0.15) is 0 Å². The van der Waals surface area contributed by atoms with Crippen molar-refractivity contribution in [2.24, 2.45) is 0 Å². The fourth-order valence-electron chi connectivity index (χ4n) is 7.15. The lowest BCUT2D eigenvalue weighted by atomic mass is 9.92. The van der Waals surface area contributed by atoms with Gasteiger partial charge in [-0.1, -0.05) is 121 Å². The fraction of sp³-hybridized carbons (Fsp3) is 0. The maximum atomic E-state index is 2.42. The smallest absolute Gasteiger partial charge is 0.0547 e. The van der Waals surface area contributed by atoms with Crippen LogP contribution in [0, 0.1) is 0 Å². The Bertz CT molecular complexity index is 2460.